The van der Waals surface area contributed by atoms with Crippen molar-refractivity contribution in [3.8, 4) is 0 Å². The molecule has 0 radical (unpaired) electrons. The molecule has 0 aliphatic carbocycles. The van der Waals surface area contributed by atoms with Crippen LogP contribution < -0.4 is 16.4 Å². The molecule has 0 aliphatic rings. The molecule has 164 valence electrons. The van der Waals surface area contributed by atoms with Crippen molar-refractivity contribution in [2.24, 2.45) is 5.73 Å². The lowest BCUT2D eigenvalue weighted by Crippen LogP contribution is -2.28. The summed E-state index contributed by atoms with van der Waals surface area (Å²) in [4.78, 5) is 61.1. The standard InChI is InChI=1S/C22H25N3O5S/c1-14-6-10-19(31-14)18(27)9-7-15(26)8-11-21(29)25-17-5-3-2-4-16(17)22(30)24-13-12-20(23)28/h2-6,10H,7-9,11-13H2,1H3,(H2,23,28)(H,24,30)(H,25,29). The first-order valence-electron chi connectivity index (χ1n) is 9.83. The zero-order valence-corrected chi connectivity index (χ0v) is 18.1. The lowest BCUT2D eigenvalue weighted by Gasteiger charge is -2.11. The fourth-order valence-corrected chi connectivity index (χ4v) is 3.57. The minimum atomic E-state index is -0.529. The van der Waals surface area contributed by atoms with E-state index >= 15 is 0 Å². The van der Waals surface area contributed by atoms with Crippen molar-refractivity contribution in [3.63, 3.8) is 0 Å². The molecule has 2 aromatic rings. The van der Waals surface area contributed by atoms with Crippen molar-refractivity contribution in [2.45, 2.75) is 39.0 Å². The Morgan fingerprint density at radius 2 is 1.61 bits per heavy atom. The molecular weight excluding hydrogens is 418 g/mol. The van der Waals surface area contributed by atoms with E-state index in [-0.39, 0.29) is 55.8 Å². The molecule has 31 heavy (non-hydrogen) atoms. The Balaban J connectivity index is 1.80. The first kappa shape index (κ1) is 23.9. The van der Waals surface area contributed by atoms with Gasteiger partial charge < -0.3 is 16.4 Å². The van der Waals surface area contributed by atoms with Gasteiger partial charge in [0.05, 0.1) is 16.1 Å². The number of para-hydroxylation sites is 1. The lowest BCUT2D eigenvalue weighted by molar-refractivity contribution is -0.122. The minimum Gasteiger partial charge on any atom is -0.370 e. The molecule has 0 bridgehead atoms. The van der Waals surface area contributed by atoms with Gasteiger partial charge in [-0.25, -0.2) is 0 Å². The van der Waals surface area contributed by atoms with E-state index in [1.54, 1.807) is 24.3 Å². The fraction of sp³-hybridized carbons (Fsp3) is 0.318. The number of carbonyl (C=O) groups excluding carboxylic acids is 5. The van der Waals surface area contributed by atoms with Crippen LogP contribution >= 0.6 is 11.3 Å². The first-order valence-corrected chi connectivity index (χ1v) is 10.6. The Morgan fingerprint density at radius 1 is 0.903 bits per heavy atom. The quantitative estimate of drug-likeness (QED) is 0.433. The largest absolute Gasteiger partial charge is 0.370 e. The van der Waals surface area contributed by atoms with Crippen LogP contribution in [0.2, 0.25) is 0 Å². The third-order valence-electron chi connectivity index (χ3n) is 4.38. The number of benzene rings is 1. The number of primary amides is 1. The Bertz CT molecular complexity index is 983. The smallest absolute Gasteiger partial charge is 0.253 e. The number of amides is 3. The van der Waals surface area contributed by atoms with Crippen molar-refractivity contribution in [3.05, 3.63) is 51.7 Å². The molecule has 8 nitrogen and oxygen atoms in total. The van der Waals surface area contributed by atoms with Crippen LogP contribution in [-0.2, 0) is 14.4 Å². The number of hydrogen-bond acceptors (Lipinski definition) is 6. The van der Waals surface area contributed by atoms with E-state index in [1.165, 1.54) is 17.4 Å². The van der Waals surface area contributed by atoms with Gasteiger partial charge in [-0.3, -0.25) is 24.0 Å². The van der Waals surface area contributed by atoms with Gasteiger partial charge in [0.25, 0.3) is 5.91 Å². The van der Waals surface area contributed by atoms with Crippen molar-refractivity contribution in [2.75, 3.05) is 11.9 Å². The number of aryl methyl sites for hydroxylation is 1. The molecule has 0 saturated carbocycles. The highest BCUT2D eigenvalue weighted by atomic mass is 32.1. The Morgan fingerprint density at radius 3 is 2.29 bits per heavy atom. The fourth-order valence-electron chi connectivity index (χ4n) is 2.74. The summed E-state index contributed by atoms with van der Waals surface area (Å²) in [5.74, 6) is -1.64. The zero-order chi connectivity index (χ0) is 22.8. The van der Waals surface area contributed by atoms with E-state index in [2.05, 4.69) is 10.6 Å². The van der Waals surface area contributed by atoms with E-state index in [1.807, 2.05) is 13.0 Å². The molecular formula is C22H25N3O5S. The summed E-state index contributed by atoms with van der Waals surface area (Å²) in [5, 5.41) is 5.19. The maximum Gasteiger partial charge on any atom is 0.253 e. The van der Waals surface area contributed by atoms with Crippen molar-refractivity contribution in [1.82, 2.24) is 5.32 Å². The van der Waals surface area contributed by atoms with Crippen LogP contribution in [0.4, 0.5) is 5.69 Å². The van der Waals surface area contributed by atoms with E-state index in [9.17, 15) is 24.0 Å². The Hall–Kier alpha value is -3.33. The highest BCUT2D eigenvalue weighted by molar-refractivity contribution is 7.14. The van der Waals surface area contributed by atoms with Crippen molar-refractivity contribution >= 4 is 46.3 Å². The third kappa shape index (κ3) is 8.13. The predicted molar refractivity (Wildman–Crippen MR) is 118 cm³/mol. The lowest BCUT2D eigenvalue weighted by atomic mass is 10.1. The van der Waals surface area contributed by atoms with Crippen LogP contribution in [0.3, 0.4) is 0 Å². The topological polar surface area (TPSA) is 135 Å². The van der Waals surface area contributed by atoms with Gasteiger partial charge in [0, 0.05) is 43.5 Å². The molecule has 0 spiro atoms. The van der Waals surface area contributed by atoms with Gasteiger partial charge in [-0.1, -0.05) is 12.1 Å². The normalized spacial score (nSPS) is 10.4. The molecule has 0 unspecified atom stereocenters. The Kier molecular flexibility index (Phi) is 9.08. The average Bonchev–Trinajstić information content (AvgIpc) is 3.17. The summed E-state index contributed by atoms with van der Waals surface area (Å²) in [6.07, 6.45) is 0.173. The van der Waals surface area contributed by atoms with E-state index < -0.39 is 17.7 Å². The molecule has 0 fully saturated rings. The summed E-state index contributed by atoms with van der Waals surface area (Å²) < 4.78 is 0. The average molecular weight is 444 g/mol. The van der Waals surface area contributed by atoms with Gasteiger partial charge in [-0.05, 0) is 31.2 Å². The number of carbonyl (C=O) groups is 5. The van der Waals surface area contributed by atoms with Crippen LogP contribution in [0.5, 0.6) is 0 Å². The molecule has 1 aromatic heterocycles. The summed E-state index contributed by atoms with van der Waals surface area (Å²) >= 11 is 1.40. The highest BCUT2D eigenvalue weighted by Crippen LogP contribution is 2.18. The monoisotopic (exact) mass is 443 g/mol. The SMILES string of the molecule is Cc1ccc(C(=O)CCC(=O)CCC(=O)Nc2ccccc2C(=O)NCCC(N)=O)s1. The molecule has 4 N–H and O–H groups in total. The van der Waals surface area contributed by atoms with Crippen LogP contribution in [0.15, 0.2) is 36.4 Å². The summed E-state index contributed by atoms with van der Waals surface area (Å²) in [6, 6.07) is 10.0. The maximum absolute atomic E-state index is 12.3. The third-order valence-corrected chi connectivity index (χ3v) is 5.42. The van der Waals surface area contributed by atoms with Gasteiger partial charge >= 0.3 is 0 Å². The highest BCUT2D eigenvalue weighted by Gasteiger charge is 2.15. The van der Waals surface area contributed by atoms with Crippen molar-refractivity contribution < 1.29 is 24.0 Å². The van der Waals surface area contributed by atoms with E-state index in [0.717, 1.165) is 4.88 Å². The second-order valence-electron chi connectivity index (χ2n) is 6.94. The van der Waals surface area contributed by atoms with Gasteiger partial charge in [-0.15, -0.1) is 11.3 Å². The van der Waals surface area contributed by atoms with Crippen LogP contribution in [0, 0.1) is 6.92 Å². The summed E-state index contributed by atoms with van der Waals surface area (Å²) in [5.41, 5.74) is 5.59. The van der Waals surface area contributed by atoms with Crippen molar-refractivity contribution in [1.29, 1.82) is 0 Å². The number of hydrogen-bond donors (Lipinski definition) is 3. The number of thiophene rings is 1. The first-order chi connectivity index (χ1) is 14.8. The molecule has 1 aromatic carbocycles. The molecule has 9 heteroatoms. The van der Waals surface area contributed by atoms with E-state index in [0.29, 0.717) is 10.6 Å². The molecule has 0 saturated heterocycles. The number of rotatable bonds is 12. The van der Waals surface area contributed by atoms with Gasteiger partial charge in [-0.2, -0.15) is 0 Å². The second-order valence-corrected chi connectivity index (χ2v) is 8.23. The molecule has 0 atom stereocenters. The molecule has 2 rings (SSSR count). The van der Waals surface area contributed by atoms with Crippen LogP contribution in [0.25, 0.3) is 0 Å². The number of Topliss-reactive ketones (excluding diaryl/α,β-unsaturated/α-hetero) is 2. The van der Waals surface area contributed by atoms with Gasteiger partial charge in [0.15, 0.2) is 5.78 Å². The molecule has 0 aliphatic heterocycles. The number of nitrogens with one attached hydrogen (secondary N) is 2. The van der Waals surface area contributed by atoms with Crippen LogP contribution in [0.1, 0.15) is 57.0 Å². The van der Waals surface area contributed by atoms with Crippen LogP contribution in [-0.4, -0.2) is 35.8 Å². The zero-order valence-electron chi connectivity index (χ0n) is 17.2. The number of ketones is 2. The predicted octanol–water partition coefficient (Wildman–Crippen LogP) is 2.61. The van der Waals surface area contributed by atoms with Gasteiger partial charge in [0.2, 0.25) is 11.8 Å². The minimum absolute atomic E-state index is 0.00948. The van der Waals surface area contributed by atoms with Gasteiger partial charge in [0.1, 0.15) is 5.78 Å². The maximum atomic E-state index is 12.3. The molecule has 3 amide bonds. The number of nitrogens with two attached hydrogens (primary N) is 1. The summed E-state index contributed by atoms with van der Waals surface area (Å²) in [7, 11) is 0. The Labute approximate surface area is 184 Å². The number of anilines is 1. The molecule has 1 heterocycles. The summed E-state index contributed by atoms with van der Waals surface area (Å²) in [6.45, 7) is 2.00. The second kappa shape index (κ2) is 11.8. The van der Waals surface area contributed by atoms with E-state index in [4.69, 9.17) is 5.73 Å².